The van der Waals surface area contributed by atoms with Crippen molar-refractivity contribution in [3.63, 3.8) is 0 Å². The topological polar surface area (TPSA) is 15.8 Å². The van der Waals surface area contributed by atoms with Gasteiger partial charge in [-0.2, -0.15) is 0 Å². The van der Waals surface area contributed by atoms with Gasteiger partial charge in [0, 0.05) is 16.6 Å². The van der Waals surface area contributed by atoms with Crippen LogP contribution < -0.4 is 0 Å². The molecule has 1 N–H and O–H groups in total. The second-order valence-corrected chi connectivity index (χ2v) is 4.72. The van der Waals surface area contributed by atoms with E-state index in [0.29, 0.717) is 0 Å². The number of benzene rings is 1. The summed E-state index contributed by atoms with van der Waals surface area (Å²) in [7, 11) is 0. The van der Waals surface area contributed by atoms with Crippen LogP contribution in [0.1, 0.15) is 35.2 Å². The summed E-state index contributed by atoms with van der Waals surface area (Å²) in [5.74, 6) is 0. The maximum Gasteiger partial charge on any atom is 0.0491 e. The number of hydrogen-bond donors (Lipinski definition) is 1. The zero-order valence-corrected chi connectivity index (χ0v) is 9.48. The van der Waals surface area contributed by atoms with E-state index in [1.807, 2.05) is 0 Å². The normalized spacial score (nSPS) is 15.6. The molecule has 78 valence electrons. The lowest BCUT2D eigenvalue weighted by molar-refractivity contribution is 0.680. The maximum atomic E-state index is 3.63. The molecule has 0 amide bonds. The number of aromatic nitrogens is 1. The number of aromatic amines is 1. The fourth-order valence-electron chi connectivity index (χ4n) is 2.72. The first-order valence-electron chi connectivity index (χ1n) is 5.87. The zero-order valence-electron chi connectivity index (χ0n) is 9.48. The van der Waals surface area contributed by atoms with Crippen molar-refractivity contribution in [3.05, 3.63) is 34.5 Å². The highest BCUT2D eigenvalue weighted by Gasteiger charge is 2.16. The Labute approximate surface area is 90.5 Å². The van der Waals surface area contributed by atoms with Crippen LogP contribution in [0, 0.1) is 13.8 Å². The monoisotopic (exact) mass is 199 g/mol. The molecule has 0 bridgehead atoms. The molecule has 1 aliphatic carbocycles. The van der Waals surface area contributed by atoms with Crippen LogP contribution in [0.2, 0.25) is 0 Å². The third kappa shape index (κ3) is 1.22. The van der Waals surface area contributed by atoms with Crippen molar-refractivity contribution in [2.75, 3.05) is 0 Å². The molecule has 3 rings (SSSR count). The minimum absolute atomic E-state index is 1.24. The fourth-order valence-corrected chi connectivity index (χ4v) is 2.72. The highest BCUT2D eigenvalue weighted by Crippen LogP contribution is 2.31. The van der Waals surface area contributed by atoms with Crippen LogP contribution >= 0.6 is 0 Å². The molecule has 0 saturated carbocycles. The summed E-state index contributed by atoms with van der Waals surface area (Å²) in [6, 6.07) is 4.54. The molecule has 1 nitrogen and oxygen atoms in total. The minimum atomic E-state index is 1.24. The lowest BCUT2D eigenvalue weighted by atomic mass is 9.95. The van der Waals surface area contributed by atoms with E-state index < -0.39 is 0 Å². The molecule has 1 heteroatoms. The van der Waals surface area contributed by atoms with Gasteiger partial charge in [-0.05, 0) is 56.2 Å². The van der Waals surface area contributed by atoms with Gasteiger partial charge < -0.3 is 4.98 Å². The number of rotatable bonds is 0. The van der Waals surface area contributed by atoms with Gasteiger partial charge in [-0.15, -0.1) is 0 Å². The summed E-state index contributed by atoms with van der Waals surface area (Å²) in [4.78, 5) is 3.63. The Morgan fingerprint density at radius 3 is 2.73 bits per heavy atom. The predicted molar refractivity (Wildman–Crippen MR) is 64.4 cm³/mol. The second kappa shape index (κ2) is 3.13. The first kappa shape index (κ1) is 9.02. The third-order valence-electron chi connectivity index (χ3n) is 3.80. The molecular weight excluding hydrogens is 182 g/mol. The van der Waals surface area contributed by atoms with Gasteiger partial charge in [0.15, 0.2) is 0 Å². The lowest BCUT2D eigenvalue weighted by Gasteiger charge is -2.10. The van der Waals surface area contributed by atoms with Crippen molar-refractivity contribution in [3.8, 4) is 0 Å². The van der Waals surface area contributed by atoms with Gasteiger partial charge in [-0.25, -0.2) is 0 Å². The largest absolute Gasteiger partial charge is 0.358 e. The Morgan fingerprint density at radius 1 is 1.07 bits per heavy atom. The third-order valence-corrected chi connectivity index (χ3v) is 3.80. The molecule has 0 unspecified atom stereocenters. The summed E-state index contributed by atoms with van der Waals surface area (Å²) >= 11 is 0. The van der Waals surface area contributed by atoms with Gasteiger partial charge in [-0.3, -0.25) is 0 Å². The summed E-state index contributed by atoms with van der Waals surface area (Å²) < 4.78 is 0. The van der Waals surface area contributed by atoms with E-state index in [-0.39, 0.29) is 0 Å². The predicted octanol–water partition coefficient (Wildman–Crippen LogP) is 3.66. The van der Waals surface area contributed by atoms with Gasteiger partial charge in [-0.1, -0.05) is 12.1 Å². The van der Waals surface area contributed by atoms with Crippen LogP contribution in [0.4, 0.5) is 0 Å². The number of aryl methyl sites for hydroxylation is 4. The van der Waals surface area contributed by atoms with Crippen LogP contribution in [0.5, 0.6) is 0 Å². The molecule has 2 aromatic rings. The average molecular weight is 199 g/mol. The van der Waals surface area contributed by atoms with Gasteiger partial charge in [0.2, 0.25) is 0 Å². The van der Waals surface area contributed by atoms with Gasteiger partial charge in [0.25, 0.3) is 0 Å². The number of fused-ring (bicyclic) bond motifs is 3. The van der Waals surface area contributed by atoms with E-state index in [2.05, 4.69) is 31.0 Å². The number of hydrogen-bond acceptors (Lipinski definition) is 0. The molecule has 0 spiro atoms. The molecule has 0 aliphatic heterocycles. The summed E-state index contributed by atoms with van der Waals surface area (Å²) in [5.41, 5.74) is 7.26. The van der Waals surface area contributed by atoms with Crippen LogP contribution in [0.15, 0.2) is 12.1 Å². The van der Waals surface area contributed by atoms with E-state index in [1.165, 1.54) is 53.4 Å². The molecule has 15 heavy (non-hydrogen) atoms. The maximum absolute atomic E-state index is 3.63. The summed E-state index contributed by atoms with van der Waals surface area (Å²) in [5, 5.41) is 1.47. The molecule has 1 heterocycles. The average Bonchev–Trinajstić information content (AvgIpc) is 2.63. The van der Waals surface area contributed by atoms with Crippen molar-refractivity contribution in [2.24, 2.45) is 0 Å². The quantitative estimate of drug-likeness (QED) is 0.666. The van der Waals surface area contributed by atoms with Crippen LogP contribution in [-0.4, -0.2) is 4.98 Å². The van der Waals surface area contributed by atoms with Crippen LogP contribution in [0.25, 0.3) is 10.9 Å². The minimum Gasteiger partial charge on any atom is -0.358 e. The Morgan fingerprint density at radius 2 is 1.87 bits per heavy atom. The Kier molecular flexibility index (Phi) is 1.88. The smallest absolute Gasteiger partial charge is 0.0491 e. The van der Waals surface area contributed by atoms with E-state index in [9.17, 15) is 0 Å². The Hall–Kier alpha value is -1.24. The highest BCUT2D eigenvalue weighted by atomic mass is 14.7. The highest BCUT2D eigenvalue weighted by molar-refractivity contribution is 5.88. The lowest BCUT2D eigenvalue weighted by Crippen LogP contribution is -1.99. The fraction of sp³-hybridized carbons (Fsp3) is 0.429. The van der Waals surface area contributed by atoms with Gasteiger partial charge in [0.05, 0.1) is 0 Å². The molecule has 1 aromatic carbocycles. The first-order valence-corrected chi connectivity index (χ1v) is 5.87. The summed E-state index contributed by atoms with van der Waals surface area (Å²) in [6.45, 7) is 4.41. The van der Waals surface area contributed by atoms with Crippen molar-refractivity contribution >= 4 is 10.9 Å². The van der Waals surface area contributed by atoms with Crippen molar-refractivity contribution < 1.29 is 0 Å². The van der Waals surface area contributed by atoms with Gasteiger partial charge in [0.1, 0.15) is 0 Å². The molecule has 0 saturated heterocycles. The van der Waals surface area contributed by atoms with Crippen molar-refractivity contribution in [1.82, 2.24) is 4.98 Å². The van der Waals surface area contributed by atoms with E-state index in [4.69, 9.17) is 0 Å². The second-order valence-electron chi connectivity index (χ2n) is 4.72. The SMILES string of the molecule is Cc1ccc2c3c([nH]c2c1C)CCCC3. The van der Waals surface area contributed by atoms with E-state index in [0.717, 1.165) is 0 Å². The molecule has 1 aromatic heterocycles. The van der Waals surface area contributed by atoms with E-state index >= 15 is 0 Å². The molecule has 0 radical (unpaired) electrons. The molecule has 1 aliphatic rings. The summed E-state index contributed by atoms with van der Waals surface area (Å²) in [6.07, 6.45) is 5.20. The van der Waals surface area contributed by atoms with Crippen molar-refractivity contribution in [2.45, 2.75) is 39.5 Å². The zero-order chi connectivity index (χ0) is 10.4. The Balaban J connectivity index is 2.36. The first-order chi connectivity index (χ1) is 7.27. The van der Waals surface area contributed by atoms with Gasteiger partial charge >= 0.3 is 0 Å². The van der Waals surface area contributed by atoms with E-state index in [1.54, 1.807) is 5.56 Å². The van der Waals surface area contributed by atoms with Crippen molar-refractivity contribution in [1.29, 1.82) is 0 Å². The molecular formula is C14H17N. The molecule has 0 fully saturated rings. The van der Waals surface area contributed by atoms with Crippen LogP contribution in [-0.2, 0) is 12.8 Å². The Bertz CT molecular complexity index is 520. The van der Waals surface area contributed by atoms with Crippen LogP contribution in [0.3, 0.4) is 0 Å². The number of H-pyrrole nitrogens is 1. The standard InChI is InChI=1S/C14H17N/c1-9-7-8-12-11-5-3-4-6-13(11)15-14(12)10(9)2/h7-8,15H,3-6H2,1-2H3. The molecule has 0 atom stereocenters. The number of nitrogens with one attached hydrogen (secondary N) is 1.